The van der Waals surface area contributed by atoms with Gasteiger partial charge in [-0.05, 0) is 116 Å². The van der Waals surface area contributed by atoms with E-state index in [2.05, 4.69) is 39.4 Å². The SMILES string of the molecule is CCCCN(CCCC)C(=O)c1nn(-c2ccc(C(=O)NS(=O)(=O)c3ccc4c(c3)CCN4Cc3ccc(Cl)c(Cl)c3)cc2C(=O)N2CCc3cc(Br)ccc3C2)c(C)c1Cl. The summed E-state index contributed by atoms with van der Waals surface area (Å²) in [5, 5.41) is 5.79. The molecular formula is C45H46BrCl3N6O5S. The maximum Gasteiger partial charge on any atom is 0.275 e. The fourth-order valence-electron chi connectivity index (χ4n) is 7.79. The van der Waals surface area contributed by atoms with Crippen molar-refractivity contribution in [2.75, 3.05) is 31.1 Å². The Morgan fingerprint density at radius 2 is 1.54 bits per heavy atom. The zero-order valence-corrected chi connectivity index (χ0v) is 38.8. The number of rotatable bonds is 14. The summed E-state index contributed by atoms with van der Waals surface area (Å²) in [6.45, 7) is 8.92. The molecule has 0 saturated heterocycles. The summed E-state index contributed by atoms with van der Waals surface area (Å²) in [6, 6.07) is 20.6. The van der Waals surface area contributed by atoms with Gasteiger partial charge in [-0.1, -0.05) is 89.6 Å². The normalized spacial score (nSPS) is 13.6. The van der Waals surface area contributed by atoms with Gasteiger partial charge in [-0.2, -0.15) is 5.10 Å². The molecule has 0 atom stereocenters. The van der Waals surface area contributed by atoms with Gasteiger partial charge in [-0.3, -0.25) is 14.4 Å². The second-order valence-corrected chi connectivity index (χ2v) is 19.2. The van der Waals surface area contributed by atoms with Crippen LogP contribution in [0.15, 0.2) is 82.2 Å². The molecule has 3 heterocycles. The number of carbonyl (C=O) groups is 3. The molecule has 0 fully saturated rings. The van der Waals surface area contributed by atoms with Gasteiger partial charge in [0, 0.05) is 55.0 Å². The number of halogens is 4. The summed E-state index contributed by atoms with van der Waals surface area (Å²) >= 11 is 22.7. The molecule has 0 saturated carbocycles. The van der Waals surface area contributed by atoms with Crippen LogP contribution in [0.2, 0.25) is 15.1 Å². The third-order valence-electron chi connectivity index (χ3n) is 11.2. The molecular weight excluding hydrogens is 923 g/mol. The van der Waals surface area contributed by atoms with Gasteiger partial charge in [-0.15, -0.1) is 0 Å². The van der Waals surface area contributed by atoms with Crippen molar-refractivity contribution in [2.24, 2.45) is 0 Å². The largest absolute Gasteiger partial charge is 0.367 e. The lowest BCUT2D eigenvalue weighted by molar-refractivity contribution is 0.0732. The van der Waals surface area contributed by atoms with E-state index in [1.54, 1.807) is 34.9 Å². The van der Waals surface area contributed by atoms with E-state index in [0.717, 1.165) is 58.1 Å². The summed E-state index contributed by atoms with van der Waals surface area (Å²) in [6.07, 6.45) is 4.70. The number of hydrogen-bond acceptors (Lipinski definition) is 7. The number of amides is 3. The number of nitrogens with one attached hydrogen (secondary N) is 1. The molecule has 0 spiro atoms. The van der Waals surface area contributed by atoms with Crippen molar-refractivity contribution in [3.8, 4) is 5.69 Å². The van der Waals surface area contributed by atoms with Crippen LogP contribution < -0.4 is 9.62 Å². The van der Waals surface area contributed by atoms with E-state index < -0.39 is 21.8 Å². The van der Waals surface area contributed by atoms with Crippen molar-refractivity contribution >= 4 is 84.2 Å². The predicted molar refractivity (Wildman–Crippen MR) is 244 cm³/mol. The van der Waals surface area contributed by atoms with E-state index in [1.807, 2.05) is 30.3 Å². The molecule has 0 radical (unpaired) electrons. The monoisotopic (exact) mass is 966 g/mol. The highest BCUT2D eigenvalue weighted by atomic mass is 79.9. The predicted octanol–water partition coefficient (Wildman–Crippen LogP) is 9.83. The fourth-order valence-corrected chi connectivity index (χ4v) is 9.74. The molecule has 2 aliphatic heterocycles. The van der Waals surface area contributed by atoms with Crippen LogP contribution in [0.25, 0.3) is 5.69 Å². The Labute approximate surface area is 380 Å². The second-order valence-electron chi connectivity index (χ2n) is 15.4. The maximum atomic E-state index is 14.6. The lowest BCUT2D eigenvalue weighted by Crippen LogP contribution is -2.37. The molecule has 1 aromatic heterocycles. The first-order chi connectivity index (χ1) is 29.2. The average molecular weight is 969 g/mol. The summed E-state index contributed by atoms with van der Waals surface area (Å²) in [7, 11) is -4.34. The molecule has 7 rings (SSSR count). The molecule has 5 aromatic rings. The van der Waals surface area contributed by atoms with Gasteiger partial charge < -0.3 is 14.7 Å². The number of nitrogens with zero attached hydrogens (tertiary/aromatic N) is 5. The third kappa shape index (κ3) is 9.66. The van der Waals surface area contributed by atoms with Crippen molar-refractivity contribution in [3.05, 3.63) is 137 Å². The Morgan fingerprint density at radius 1 is 0.820 bits per heavy atom. The molecule has 16 heteroatoms. The zero-order chi connectivity index (χ0) is 43.6. The van der Waals surface area contributed by atoms with Crippen LogP contribution in [0, 0.1) is 6.92 Å². The minimum Gasteiger partial charge on any atom is -0.367 e. The Bertz CT molecular complexity index is 2630. The Balaban J connectivity index is 1.19. The van der Waals surface area contributed by atoms with E-state index in [1.165, 1.54) is 28.9 Å². The number of benzene rings is 4. The molecule has 0 bridgehead atoms. The molecule has 1 N–H and O–H groups in total. The van der Waals surface area contributed by atoms with Crippen LogP contribution in [0.4, 0.5) is 5.69 Å². The number of aromatic nitrogens is 2. The van der Waals surface area contributed by atoms with Gasteiger partial charge in [0.05, 0.1) is 36.9 Å². The first-order valence-electron chi connectivity index (χ1n) is 20.3. The Hall–Kier alpha value is -4.40. The lowest BCUT2D eigenvalue weighted by Gasteiger charge is -2.30. The highest BCUT2D eigenvalue weighted by Crippen LogP contribution is 2.34. The van der Waals surface area contributed by atoms with Crippen molar-refractivity contribution in [3.63, 3.8) is 0 Å². The number of sulfonamides is 1. The van der Waals surface area contributed by atoms with E-state index in [-0.39, 0.29) is 32.6 Å². The van der Waals surface area contributed by atoms with Gasteiger partial charge >= 0.3 is 0 Å². The van der Waals surface area contributed by atoms with E-state index in [0.29, 0.717) is 73.5 Å². The minimum absolute atomic E-state index is 0.0523. The van der Waals surface area contributed by atoms with E-state index >= 15 is 0 Å². The quantitative estimate of drug-likeness (QED) is 0.118. The molecule has 0 aliphatic carbocycles. The van der Waals surface area contributed by atoms with E-state index in [9.17, 15) is 22.8 Å². The topological polar surface area (TPSA) is 125 Å². The first-order valence-corrected chi connectivity index (χ1v) is 23.7. The van der Waals surface area contributed by atoms with Crippen LogP contribution >= 0.6 is 50.7 Å². The number of unbranched alkanes of at least 4 members (excludes halogenated alkanes) is 2. The summed E-state index contributed by atoms with van der Waals surface area (Å²) in [5.74, 6) is -1.60. The first kappa shape index (κ1) is 44.6. The Kier molecular flexibility index (Phi) is 13.8. The van der Waals surface area contributed by atoms with Crippen LogP contribution in [0.5, 0.6) is 0 Å². The molecule has 61 heavy (non-hydrogen) atoms. The average Bonchev–Trinajstić information content (AvgIpc) is 3.79. The van der Waals surface area contributed by atoms with Crippen molar-refractivity contribution in [1.82, 2.24) is 24.3 Å². The van der Waals surface area contributed by atoms with Gasteiger partial charge in [0.2, 0.25) is 0 Å². The number of fused-ring (bicyclic) bond motifs is 2. The highest BCUT2D eigenvalue weighted by molar-refractivity contribution is 9.10. The summed E-state index contributed by atoms with van der Waals surface area (Å²) < 4.78 is 32.2. The third-order valence-corrected chi connectivity index (χ3v) is 14.2. The zero-order valence-electron chi connectivity index (χ0n) is 34.1. The molecule has 2 aliphatic rings. The molecule has 320 valence electrons. The molecule has 0 unspecified atom stereocenters. The van der Waals surface area contributed by atoms with Crippen LogP contribution in [-0.4, -0.2) is 71.9 Å². The van der Waals surface area contributed by atoms with Crippen LogP contribution in [-0.2, 0) is 36.0 Å². The van der Waals surface area contributed by atoms with Gasteiger partial charge in [0.25, 0.3) is 27.7 Å². The van der Waals surface area contributed by atoms with Crippen LogP contribution in [0.3, 0.4) is 0 Å². The molecule has 4 aromatic carbocycles. The molecule has 3 amide bonds. The van der Waals surface area contributed by atoms with E-state index in [4.69, 9.17) is 39.9 Å². The number of carbonyl (C=O) groups excluding carboxylic acids is 3. The van der Waals surface area contributed by atoms with Crippen LogP contribution in [0.1, 0.15) is 98.7 Å². The smallest absolute Gasteiger partial charge is 0.275 e. The van der Waals surface area contributed by atoms with Crippen molar-refractivity contribution in [1.29, 1.82) is 0 Å². The number of anilines is 1. The fraction of sp³-hybridized carbons (Fsp3) is 0.333. The van der Waals surface area contributed by atoms with Crippen molar-refractivity contribution in [2.45, 2.75) is 77.3 Å². The summed E-state index contributed by atoms with van der Waals surface area (Å²) in [5.41, 5.74) is 5.63. The minimum atomic E-state index is -4.34. The van der Waals surface area contributed by atoms with Gasteiger partial charge in [-0.25, -0.2) is 17.8 Å². The van der Waals surface area contributed by atoms with Gasteiger partial charge in [0.15, 0.2) is 5.69 Å². The Morgan fingerprint density at radius 3 is 2.26 bits per heavy atom. The second kappa shape index (κ2) is 18.9. The number of hydrogen-bond donors (Lipinski definition) is 1. The standard InChI is InChI=1S/C45H46BrCl3N6O5S/c1-4-6-18-52(19-7-5-2)45(58)42-41(49)28(3)55(50-42)40-14-10-32(25-36(40)44(57)54-21-16-30-23-34(46)11-9-33(30)27-54)43(56)51-61(59,60)35-12-15-39-31(24-35)17-20-53(39)26-29-8-13-37(47)38(48)22-29/h8-15,22-25H,4-7,16-21,26-27H2,1-3H3,(H,51,56). The lowest BCUT2D eigenvalue weighted by atomic mass is 9.98. The van der Waals surface area contributed by atoms with Crippen molar-refractivity contribution < 1.29 is 22.8 Å². The maximum absolute atomic E-state index is 14.6. The van der Waals surface area contributed by atoms with Gasteiger partial charge in [0.1, 0.15) is 0 Å². The molecule has 11 nitrogen and oxygen atoms in total. The highest BCUT2D eigenvalue weighted by Gasteiger charge is 2.31. The summed E-state index contributed by atoms with van der Waals surface area (Å²) in [4.78, 5) is 47.9.